The summed E-state index contributed by atoms with van der Waals surface area (Å²) >= 11 is 11.9. The Labute approximate surface area is 189 Å². The van der Waals surface area contributed by atoms with Crippen molar-refractivity contribution in [3.63, 3.8) is 0 Å². The smallest absolute Gasteiger partial charge is 0.358 e. The summed E-state index contributed by atoms with van der Waals surface area (Å²) in [6.07, 6.45) is 3.27. The van der Waals surface area contributed by atoms with Gasteiger partial charge in [-0.25, -0.2) is 4.98 Å². The second-order valence-corrected chi connectivity index (χ2v) is 9.18. The van der Waals surface area contributed by atoms with E-state index in [0.717, 1.165) is 5.56 Å². The van der Waals surface area contributed by atoms with E-state index in [2.05, 4.69) is 20.0 Å². The quantitative estimate of drug-likeness (QED) is 0.186. The van der Waals surface area contributed by atoms with E-state index >= 15 is 0 Å². The van der Waals surface area contributed by atoms with E-state index in [1.165, 1.54) is 18.2 Å². The van der Waals surface area contributed by atoms with Gasteiger partial charge in [0.2, 0.25) is 5.03 Å². The molecule has 0 unspecified atom stereocenters. The molecule has 3 aromatic rings. The predicted octanol–water partition coefficient (Wildman–Crippen LogP) is 5.33. The maximum Gasteiger partial charge on any atom is 0.358 e. The first-order valence-electron chi connectivity index (χ1n) is 9.11. The molecule has 2 aromatic heterocycles. The van der Waals surface area contributed by atoms with Crippen LogP contribution in [0.25, 0.3) is 10.4 Å². The maximum absolute atomic E-state index is 13.1. The molecule has 162 valence electrons. The number of halogens is 2. The molecule has 12 heteroatoms. The van der Waals surface area contributed by atoms with Gasteiger partial charge in [0.05, 0.1) is 12.2 Å². The number of rotatable bonds is 8. The van der Waals surface area contributed by atoms with Crippen LogP contribution in [0.5, 0.6) is 5.75 Å². The van der Waals surface area contributed by atoms with Gasteiger partial charge < -0.3 is 8.75 Å². The lowest BCUT2D eigenvalue weighted by Gasteiger charge is -2.15. The molecule has 0 bridgehead atoms. The summed E-state index contributed by atoms with van der Waals surface area (Å²) in [4.78, 5) is 11.0. The van der Waals surface area contributed by atoms with Crippen molar-refractivity contribution in [3.05, 3.63) is 80.3 Å². The van der Waals surface area contributed by atoms with Gasteiger partial charge in [0.25, 0.3) is 0 Å². The molecule has 0 saturated heterocycles. The largest absolute Gasteiger partial charge is 0.378 e. The van der Waals surface area contributed by atoms with Gasteiger partial charge in [-0.1, -0.05) is 42.2 Å². The van der Waals surface area contributed by atoms with Crippen LogP contribution >= 0.6 is 23.2 Å². The molecule has 0 N–H and O–H groups in total. The number of pyridine rings is 1. The average molecular weight is 481 g/mol. The van der Waals surface area contributed by atoms with Gasteiger partial charge in [0, 0.05) is 46.0 Å². The number of aromatic nitrogens is 3. The van der Waals surface area contributed by atoms with E-state index in [9.17, 15) is 8.42 Å². The molecule has 0 aliphatic heterocycles. The van der Waals surface area contributed by atoms with Gasteiger partial charge in [-0.05, 0) is 35.2 Å². The van der Waals surface area contributed by atoms with Crippen LogP contribution in [0.2, 0.25) is 10.0 Å². The molecule has 0 amide bonds. The molecule has 0 aliphatic carbocycles. The molecule has 0 aliphatic rings. The van der Waals surface area contributed by atoms with Crippen molar-refractivity contribution in [2.75, 3.05) is 0 Å². The predicted molar refractivity (Wildman–Crippen MR) is 117 cm³/mol. The van der Waals surface area contributed by atoms with Crippen LogP contribution in [0.1, 0.15) is 36.8 Å². The topological polar surface area (TPSA) is 123 Å². The lowest BCUT2D eigenvalue weighted by atomic mass is 10.1. The van der Waals surface area contributed by atoms with Crippen molar-refractivity contribution < 1.29 is 12.6 Å². The van der Waals surface area contributed by atoms with Crippen LogP contribution in [-0.4, -0.2) is 23.0 Å². The summed E-state index contributed by atoms with van der Waals surface area (Å²) in [7, 11) is -4.34. The molecule has 0 saturated carbocycles. The Morgan fingerprint density at radius 3 is 2.42 bits per heavy atom. The first-order valence-corrected chi connectivity index (χ1v) is 11.3. The molecule has 0 atom stereocenters. The van der Waals surface area contributed by atoms with Crippen LogP contribution in [0.15, 0.2) is 52.9 Å². The standard InChI is InChI=1S/C19H18Cl2N6O3S/c1-12(2)18-19(31(28,29)30-16-8-14(20)7-15(21)9-16)25-17(10-24-26-22)27(18)11-13-3-5-23-6-4-13/h3-9,12H,10-11H2,1-2H3. The first kappa shape index (κ1) is 22.9. The van der Waals surface area contributed by atoms with Gasteiger partial charge in [-0.15, -0.1) is 0 Å². The Morgan fingerprint density at radius 2 is 1.84 bits per heavy atom. The Kier molecular flexibility index (Phi) is 7.07. The van der Waals surface area contributed by atoms with Crippen LogP contribution in [0.3, 0.4) is 0 Å². The van der Waals surface area contributed by atoms with E-state index < -0.39 is 10.1 Å². The number of nitrogens with zero attached hydrogens (tertiary/aromatic N) is 6. The van der Waals surface area contributed by atoms with Gasteiger partial charge in [-0.3, -0.25) is 4.98 Å². The van der Waals surface area contributed by atoms with E-state index in [4.69, 9.17) is 32.9 Å². The average Bonchev–Trinajstić information content (AvgIpc) is 3.05. The highest BCUT2D eigenvalue weighted by atomic mass is 35.5. The second kappa shape index (κ2) is 9.57. The molecule has 9 nitrogen and oxygen atoms in total. The van der Waals surface area contributed by atoms with Crippen LogP contribution < -0.4 is 4.18 Å². The number of hydrogen-bond donors (Lipinski definition) is 0. The number of benzene rings is 1. The third-order valence-corrected chi connectivity index (χ3v) is 5.87. The van der Waals surface area contributed by atoms with Gasteiger partial charge >= 0.3 is 10.1 Å². The summed E-state index contributed by atoms with van der Waals surface area (Å²) in [5.41, 5.74) is 10.0. The molecular weight excluding hydrogens is 463 g/mol. The van der Waals surface area contributed by atoms with Crippen molar-refractivity contribution >= 4 is 33.3 Å². The zero-order valence-corrected chi connectivity index (χ0v) is 18.9. The summed E-state index contributed by atoms with van der Waals surface area (Å²) < 4.78 is 33.3. The fourth-order valence-corrected chi connectivity index (χ4v) is 4.79. The highest BCUT2D eigenvalue weighted by molar-refractivity contribution is 7.87. The Bertz CT molecular complexity index is 1220. The normalized spacial score (nSPS) is 11.4. The minimum Gasteiger partial charge on any atom is -0.378 e. The minimum atomic E-state index is -4.34. The van der Waals surface area contributed by atoms with E-state index in [-0.39, 0.29) is 33.3 Å². The lowest BCUT2D eigenvalue weighted by molar-refractivity contribution is 0.480. The fourth-order valence-electron chi connectivity index (χ4n) is 3.04. The highest BCUT2D eigenvalue weighted by Crippen LogP contribution is 2.31. The molecular formula is C19H18Cl2N6O3S. The summed E-state index contributed by atoms with van der Waals surface area (Å²) in [5, 5.41) is 3.77. The summed E-state index contributed by atoms with van der Waals surface area (Å²) in [6.45, 7) is 3.87. The van der Waals surface area contributed by atoms with Crippen molar-refractivity contribution in [1.29, 1.82) is 0 Å². The number of azide groups is 1. The second-order valence-electron chi connectivity index (χ2n) is 6.85. The molecule has 31 heavy (non-hydrogen) atoms. The fraction of sp³-hybridized carbons (Fsp3) is 0.263. The molecule has 0 radical (unpaired) electrons. The van der Waals surface area contributed by atoms with Gasteiger partial charge in [-0.2, -0.15) is 8.42 Å². The van der Waals surface area contributed by atoms with Crippen molar-refractivity contribution in [2.45, 2.75) is 37.9 Å². The SMILES string of the molecule is CC(C)c1c(S(=O)(=O)Oc2cc(Cl)cc(Cl)c2)nc(CN=[N+]=[N-])n1Cc1ccncc1. The van der Waals surface area contributed by atoms with Crippen LogP contribution in [-0.2, 0) is 23.2 Å². The molecule has 1 aromatic carbocycles. The third kappa shape index (κ3) is 5.48. The third-order valence-electron chi connectivity index (χ3n) is 4.24. The van der Waals surface area contributed by atoms with E-state index in [1.807, 2.05) is 13.8 Å². The van der Waals surface area contributed by atoms with Crippen molar-refractivity contribution in [1.82, 2.24) is 14.5 Å². The summed E-state index contributed by atoms with van der Waals surface area (Å²) in [5.74, 6) is 0.0302. The monoisotopic (exact) mass is 480 g/mol. The Hall–Kier alpha value is -2.78. The van der Waals surface area contributed by atoms with Gasteiger partial charge in [0.15, 0.2) is 0 Å². The van der Waals surface area contributed by atoms with E-state index in [1.54, 1.807) is 29.1 Å². The van der Waals surface area contributed by atoms with Gasteiger partial charge in [0.1, 0.15) is 11.6 Å². The number of hydrogen-bond acceptors (Lipinski definition) is 6. The number of imidazole rings is 1. The molecule has 0 spiro atoms. The summed E-state index contributed by atoms with van der Waals surface area (Å²) in [6, 6.07) is 7.76. The van der Waals surface area contributed by atoms with Crippen LogP contribution in [0.4, 0.5) is 0 Å². The van der Waals surface area contributed by atoms with E-state index in [0.29, 0.717) is 18.1 Å². The molecule has 3 rings (SSSR count). The lowest BCUT2D eigenvalue weighted by Crippen LogP contribution is -2.15. The first-order chi connectivity index (χ1) is 14.7. The zero-order valence-electron chi connectivity index (χ0n) is 16.6. The molecule has 0 fully saturated rings. The minimum absolute atomic E-state index is 0.0347. The maximum atomic E-state index is 13.1. The van der Waals surface area contributed by atoms with Crippen molar-refractivity contribution in [3.8, 4) is 5.75 Å². The van der Waals surface area contributed by atoms with Crippen LogP contribution in [0, 0.1) is 0 Å². The zero-order chi connectivity index (χ0) is 22.6. The highest BCUT2D eigenvalue weighted by Gasteiger charge is 2.30. The molecule has 2 heterocycles. The Morgan fingerprint density at radius 1 is 1.19 bits per heavy atom. The Balaban J connectivity index is 2.12. The van der Waals surface area contributed by atoms with Crippen molar-refractivity contribution in [2.24, 2.45) is 5.11 Å².